The molecule has 0 heterocycles. The fourth-order valence-electron chi connectivity index (χ4n) is 1.21. The molecule has 4 nitrogen and oxygen atoms in total. The van der Waals surface area contributed by atoms with Crippen molar-refractivity contribution in [2.24, 2.45) is 0 Å². The number of hydrogen-bond acceptors (Lipinski definition) is 3. The van der Waals surface area contributed by atoms with Gasteiger partial charge in [0, 0.05) is 6.54 Å². The summed E-state index contributed by atoms with van der Waals surface area (Å²) in [4.78, 5) is 10.0. The predicted octanol–water partition coefficient (Wildman–Crippen LogP) is 2.95. The molecule has 1 aromatic rings. The van der Waals surface area contributed by atoms with Crippen molar-refractivity contribution in [2.45, 2.75) is 19.8 Å². The first-order valence-corrected chi connectivity index (χ1v) is 4.83. The van der Waals surface area contributed by atoms with Crippen molar-refractivity contribution in [1.29, 1.82) is 0 Å². The molecule has 0 amide bonds. The van der Waals surface area contributed by atoms with Crippen LogP contribution in [0.1, 0.15) is 19.8 Å². The van der Waals surface area contributed by atoms with E-state index in [1.54, 1.807) is 0 Å². The summed E-state index contributed by atoms with van der Waals surface area (Å²) in [5.41, 5.74) is 0.154. The molecular weight excluding hydrogens is 199 g/mol. The topological polar surface area (TPSA) is 55.2 Å². The van der Waals surface area contributed by atoms with Crippen LogP contribution in [0.15, 0.2) is 18.2 Å². The van der Waals surface area contributed by atoms with Gasteiger partial charge in [-0.2, -0.15) is 0 Å². The Bertz CT molecular complexity index is 355. The van der Waals surface area contributed by atoms with Gasteiger partial charge in [-0.05, 0) is 18.6 Å². The summed E-state index contributed by atoms with van der Waals surface area (Å²) in [5.74, 6) is -0.595. The van der Waals surface area contributed by atoms with Crippen molar-refractivity contribution in [1.82, 2.24) is 0 Å². The third-order valence-corrected chi connectivity index (χ3v) is 2.00. The molecule has 0 aliphatic heterocycles. The third-order valence-electron chi connectivity index (χ3n) is 2.00. The highest BCUT2D eigenvalue weighted by Gasteiger charge is 2.13. The fourth-order valence-corrected chi connectivity index (χ4v) is 1.21. The summed E-state index contributed by atoms with van der Waals surface area (Å²) in [7, 11) is 0. The number of rotatable bonds is 5. The van der Waals surface area contributed by atoms with Gasteiger partial charge in [-0.25, -0.2) is 4.39 Å². The SMILES string of the molecule is CCCCNc1ccc(F)cc1[N+](=O)[O-]. The maximum Gasteiger partial charge on any atom is 0.295 e. The lowest BCUT2D eigenvalue weighted by molar-refractivity contribution is -0.384. The molecule has 0 fully saturated rings. The van der Waals surface area contributed by atoms with E-state index in [-0.39, 0.29) is 5.69 Å². The minimum absolute atomic E-state index is 0.217. The highest BCUT2D eigenvalue weighted by molar-refractivity contribution is 5.61. The molecule has 0 saturated heterocycles. The molecule has 1 rings (SSSR count). The summed E-state index contributed by atoms with van der Waals surface area (Å²) in [6.45, 7) is 2.68. The molecule has 0 aromatic heterocycles. The number of halogens is 1. The number of nitro benzene ring substituents is 1. The molecule has 0 radical (unpaired) electrons. The van der Waals surface area contributed by atoms with Crippen LogP contribution >= 0.6 is 0 Å². The monoisotopic (exact) mass is 212 g/mol. The van der Waals surface area contributed by atoms with Crippen molar-refractivity contribution in [2.75, 3.05) is 11.9 Å². The second kappa shape index (κ2) is 5.29. The quantitative estimate of drug-likeness (QED) is 0.463. The van der Waals surface area contributed by atoms with Crippen LogP contribution in [-0.4, -0.2) is 11.5 Å². The summed E-state index contributed by atoms with van der Waals surface area (Å²) in [6, 6.07) is 3.53. The van der Waals surface area contributed by atoms with Gasteiger partial charge in [-0.3, -0.25) is 10.1 Å². The Hall–Kier alpha value is -1.65. The van der Waals surface area contributed by atoms with Crippen LogP contribution < -0.4 is 5.32 Å². The number of nitrogens with one attached hydrogen (secondary N) is 1. The number of anilines is 1. The molecule has 0 atom stereocenters. The van der Waals surface area contributed by atoms with E-state index in [9.17, 15) is 14.5 Å². The van der Waals surface area contributed by atoms with Gasteiger partial charge < -0.3 is 5.32 Å². The van der Waals surface area contributed by atoms with E-state index in [0.717, 1.165) is 18.9 Å². The smallest absolute Gasteiger partial charge is 0.295 e. The number of nitrogens with zero attached hydrogens (tertiary/aromatic N) is 1. The number of nitro groups is 1. The van der Waals surface area contributed by atoms with Crippen LogP contribution in [0.5, 0.6) is 0 Å². The van der Waals surface area contributed by atoms with Crippen molar-refractivity contribution in [3.8, 4) is 0 Å². The van der Waals surface area contributed by atoms with Crippen LogP contribution in [0.2, 0.25) is 0 Å². The molecule has 5 heteroatoms. The summed E-state index contributed by atoms with van der Waals surface area (Å²) in [5, 5.41) is 13.5. The average Bonchev–Trinajstić information content (AvgIpc) is 2.20. The van der Waals surface area contributed by atoms with Gasteiger partial charge in [0.2, 0.25) is 0 Å². The van der Waals surface area contributed by atoms with E-state index in [2.05, 4.69) is 5.32 Å². The van der Waals surface area contributed by atoms with E-state index < -0.39 is 10.7 Å². The Labute approximate surface area is 87.3 Å². The molecule has 0 aliphatic rings. The molecule has 15 heavy (non-hydrogen) atoms. The van der Waals surface area contributed by atoms with Crippen molar-refractivity contribution < 1.29 is 9.31 Å². The molecule has 0 unspecified atom stereocenters. The first kappa shape index (κ1) is 11.4. The lowest BCUT2D eigenvalue weighted by Crippen LogP contribution is -2.04. The molecular formula is C10H13FN2O2. The largest absolute Gasteiger partial charge is 0.379 e. The first-order chi connectivity index (χ1) is 7.15. The molecule has 0 saturated carbocycles. The lowest BCUT2D eigenvalue weighted by Gasteiger charge is -2.05. The highest BCUT2D eigenvalue weighted by atomic mass is 19.1. The zero-order valence-electron chi connectivity index (χ0n) is 8.50. The molecule has 82 valence electrons. The van der Waals surface area contributed by atoms with E-state index in [4.69, 9.17) is 0 Å². The standard InChI is InChI=1S/C10H13FN2O2/c1-2-3-6-12-9-5-4-8(11)7-10(9)13(14)15/h4-5,7,12H,2-3,6H2,1H3. The minimum Gasteiger partial charge on any atom is -0.379 e. The maximum atomic E-state index is 12.8. The van der Waals surface area contributed by atoms with Gasteiger partial charge in [0.1, 0.15) is 11.5 Å². The van der Waals surface area contributed by atoms with Crippen LogP contribution in [0.25, 0.3) is 0 Å². The van der Waals surface area contributed by atoms with Crippen LogP contribution in [0.3, 0.4) is 0 Å². The summed E-state index contributed by atoms with van der Waals surface area (Å²) < 4.78 is 12.8. The number of hydrogen-bond donors (Lipinski definition) is 1. The molecule has 1 N–H and O–H groups in total. The van der Waals surface area contributed by atoms with Gasteiger partial charge in [-0.1, -0.05) is 13.3 Å². The molecule has 0 bridgehead atoms. The summed E-state index contributed by atoms with van der Waals surface area (Å²) in [6.07, 6.45) is 1.93. The van der Waals surface area contributed by atoms with Gasteiger partial charge in [0.15, 0.2) is 0 Å². The van der Waals surface area contributed by atoms with E-state index >= 15 is 0 Å². The zero-order valence-corrected chi connectivity index (χ0v) is 8.50. The molecule has 1 aromatic carbocycles. The lowest BCUT2D eigenvalue weighted by atomic mass is 10.2. The van der Waals surface area contributed by atoms with Gasteiger partial charge in [0.25, 0.3) is 5.69 Å². The van der Waals surface area contributed by atoms with E-state index in [1.165, 1.54) is 12.1 Å². The van der Waals surface area contributed by atoms with Gasteiger partial charge >= 0.3 is 0 Å². The fraction of sp³-hybridized carbons (Fsp3) is 0.400. The Balaban J connectivity index is 2.81. The third kappa shape index (κ3) is 3.19. The van der Waals surface area contributed by atoms with E-state index in [1.807, 2.05) is 6.92 Å². The normalized spacial score (nSPS) is 10.0. The second-order valence-electron chi connectivity index (χ2n) is 3.20. The van der Waals surface area contributed by atoms with Gasteiger partial charge in [-0.15, -0.1) is 0 Å². The minimum atomic E-state index is -0.595. The Morgan fingerprint density at radius 1 is 1.53 bits per heavy atom. The first-order valence-electron chi connectivity index (χ1n) is 4.83. The van der Waals surface area contributed by atoms with Crippen LogP contribution in [-0.2, 0) is 0 Å². The molecule has 0 spiro atoms. The maximum absolute atomic E-state index is 12.8. The summed E-state index contributed by atoms with van der Waals surface area (Å²) >= 11 is 0. The van der Waals surface area contributed by atoms with E-state index in [0.29, 0.717) is 12.2 Å². The Morgan fingerprint density at radius 3 is 2.87 bits per heavy atom. The Kier molecular flexibility index (Phi) is 4.03. The number of benzene rings is 1. The highest BCUT2D eigenvalue weighted by Crippen LogP contribution is 2.24. The zero-order chi connectivity index (χ0) is 11.3. The average molecular weight is 212 g/mol. The molecule has 0 aliphatic carbocycles. The second-order valence-corrected chi connectivity index (χ2v) is 3.20. The van der Waals surface area contributed by atoms with Crippen LogP contribution in [0.4, 0.5) is 15.8 Å². The number of unbranched alkanes of at least 4 members (excludes halogenated alkanes) is 1. The van der Waals surface area contributed by atoms with Gasteiger partial charge in [0.05, 0.1) is 11.0 Å². The van der Waals surface area contributed by atoms with Crippen molar-refractivity contribution in [3.05, 3.63) is 34.1 Å². The van der Waals surface area contributed by atoms with Crippen LogP contribution in [0, 0.1) is 15.9 Å². The van der Waals surface area contributed by atoms with Crippen molar-refractivity contribution in [3.63, 3.8) is 0 Å². The van der Waals surface area contributed by atoms with Crippen molar-refractivity contribution >= 4 is 11.4 Å². The predicted molar refractivity (Wildman–Crippen MR) is 56.5 cm³/mol. The Morgan fingerprint density at radius 2 is 2.27 bits per heavy atom.